The third kappa shape index (κ3) is 2.85. The van der Waals surface area contributed by atoms with Gasteiger partial charge in [-0.25, -0.2) is 12.7 Å². The average Bonchev–Trinajstić information content (AvgIpc) is 2.40. The maximum absolute atomic E-state index is 12.4. The number of sulfonamides is 1. The second-order valence-corrected chi connectivity index (χ2v) is 8.64. The van der Waals surface area contributed by atoms with Crippen molar-refractivity contribution < 1.29 is 17.9 Å². The molecule has 22 heavy (non-hydrogen) atoms. The van der Waals surface area contributed by atoms with Crippen LogP contribution in [0, 0.1) is 0 Å². The Morgan fingerprint density at radius 1 is 1.23 bits per heavy atom. The first-order valence-electron chi connectivity index (χ1n) is 6.87. The Morgan fingerprint density at radius 2 is 1.86 bits per heavy atom. The van der Waals surface area contributed by atoms with Crippen molar-refractivity contribution in [2.45, 2.75) is 24.9 Å². The molecule has 3 rings (SSSR count). The Labute approximate surface area is 139 Å². The van der Waals surface area contributed by atoms with Gasteiger partial charge in [0.2, 0.25) is 10.0 Å². The van der Waals surface area contributed by atoms with Gasteiger partial charge in [-0.1, -0.05) is 23.2 Å². The monoisotopic (exact) mass is 363 g/mol. The third-order valence-electron chi connectivity index (χ3n) is 4.21. The molecule has 120 valence electrons. The Bertz CT molecular complexity index is 739. The summed E-state index contributed by atoms with van der Waals surface area (Å²) in [6.07, 6.45) is 2.33. The molecule has 1 saturated heterocycles. The highest BCUT2D eigenvalue weighted by Crippen LogP contribution is 2.44. The molecule has 0 bridgehead atoms. The van der Waals surface area contributed by atoms with Gasteiger partial charge in [-0.05, 0) is 12.1 Å². The fraction of sp³-hybridized carbons (Fsp3) is 0.500. The smallest absolute Gasteiger partial charge is 0.211 e. The topological polar surface area (TPSA) is 63.7 Å². The number of halogens is 2. The van der Waals surface area contributed by atoms with Gasteiger partial charge < -0.3 is 4.74 Å². The summed E-state index contributed by atoms with van der Waals surface area (Å²) in [5.41, 5.74) is -0.281. The predicted octanol–water partition coefficient (Wildman–Crippen LogP) is 2.75. The van der Waals surface area contributed by atoms with E-state index >= 15 is 0 Å². The second kappa shape index (κ2) is 5.37. The number of ether oxygens (including phenoxy) is 1. The first-order chi connectivity index (χ1) is 10.2. The molecule has 0 amide bonds. The summed E-state index contributed by atoms with van der Waals surface area (Å²) in [4.78, 5) is 12.4. The van der Waals surface area contributed by atoms with Crippen LogP contribution < -0.4 is 4.74 Å². The van der Waals surface area contributed by atoms with Crippen molar-refractivity contribution in [2.75, 3.05) is 19.3 Å². The summed E-state index contributed by atoms with van der Waals surface area (Å²) in [5.74, 6) is 0.286. The number of rotatable bonds is 1. The van der Waals surface area contributed by atoms with Crippen molar-refractivity contribution in [1.82, 2.24) is 4.31 Å². The number of hydrogen-bond acceptors (Lipinski definition) is 4. The summed E-state index contributed by atoms with van der Waals surface area (Å²) in [5, 5.41) is 0.698. The lowest BCUT2D eigenvalue weighted by Gasteiger charge is -2.43. The van der Waals surface area contributed by atoms with Crippen LogP contribution >= 0.6 is 23.2 Å². The van der Waals surface area contributed by atoms with Crippen molar-refractivity contribution in [3.63, 3.8) is 0 Å². The molecule has 8 heteroatoms. The van der Waals surface area contributed by atoms with Crippen LogP contribution in [-0.4, -0.2) is 43.5 Å². The van der Waals surface area contributed by atoms with E-state index in [1.165, 1.54) is 10.6 Å². The van der Waals surface area contributed by atoms with E-state index < -0.39 is 15.6 Å². The molecule has 0 radical (unpaired) electrons. The molecule has 0 aliphatic carbocycles. The number of nitrogens with zero attached hydrogens (tertiary/aromatic N) is 1. The average molecular weight is 364 g/mol. The van der Waals surface area contributed by atoms with Crippen LogP contribution in [0.1, 0.15) is 29.6 Å². The minimum absolute atomic E-state index is 0.0709. The van der Waals surface area contributed by atoms with E-state index in [0.29, 0.717) is 47.3 Å². The number of carbonyl (C=O) groups excluding carboxylic acids is 1. The van der Waals surface area contributed by atoms with Crippen molar-refractivity contribution in [3.05, 3.63) is 27.7 Å². The fourth-order valence-electron chi connectivity index (χ4n) is 3.02. The van der Waals surface area contributed by atoms with E-state index in [4.69, 9.17) is 27.9 Å². The minimum atomic E-state index is -3.22. The number of ketones is 1. The number of Topliss-reactive ketones (excluding diaryl/α,β-unsaturated/α-hetero) is 1. The molecule has 1 aromatic carbocycles. The highest BCUT2D eigenvalue weighted by molar-refractivity contribution is 7.88. The molecule has 0 atom stereocenters. The largest absolute Gasteiger partial charge is 0.484 e. The van der Waals surface area contributed by atoms with E-state index in [2.05, 4.69) is 0 Å². The first kappa shape index (κ1) is 16.1. The molecule has 2 aliphatic rings. The SMILES string of the molecule is CS(=O)(=O)N1CCC2(CC1)CC(=O)c1cc(Cl)cc(Cl)c1O2. The molecule has 2 aliphatic heterocycles. The van der Waals surface area contributed by atoms with Gasteiger partial charge in [0, 0.05) is 31.0 Å². The molecule has 0 aromatic heterocycles. The Kier molecular flexibility index (Phi) is 3.92. The first-order valence-corrected chi connectivity index (χ1v) is 9.47. The van der Waals surface area contributed by atoms with E-state index in [1.807, 2.05) is 0 Å². The number of fused-ring (bicyclic) bond motifs is 1. The van der Waals surface area contributed by atoms with Crippen molar-refractivity contribution in [3.8, 4) is 5.75 Å². The van der Waals surface area contributed by atoms with Gasteiger partial charge in [0.1, 0.15) is 11.4 Å². The van der Waals surface area contributed by atoms with Gasteiger partial charge in [0.05, 0.1) is 23.3 Å². The summed E-state index contributed by atoms with van der Waals surface area (Å²) < 4.78 is 30.6. The van der Waals surface area contributed by atoms with Gasteiger partial charge >= 0.3 is 0 Å². The van der Waals surface area contributed by atoms with Gasteiger partial charge in [-0.3, -0.25) is 4.79 Å². The summed E-state index contributed by atoms with van der Waals surface area (Å²) in [6.45, 7) is 0.680. The number of piperidine rings is 1. The molecule has 1 aromatic rings. The van der Waals surface area contributed by atoms with E-state index in [0.717, 1.165) is 0 Å². The highest BCUT2D eigenvalue weighted by Gasteiger charge is 2.44. The van der Waals surface area contributed by atoms with Gasteiger partial charge in [0.25, 0.3) is 0 Å². The Morgan fingerprint density at radius 3 is 2.45 bits per heavy atom. The highest BCUT2D eigenvalue weighted by atomic mass is 35.5. The maximum Gasteiger partial charge on any atom is 0.211 e. The van der Waals surface area contributed by atoms with Crippen molar-refractivity contribution in [2.24, 2.45) is 0 Å². The van der Waals surface area contributed by atoms with Gasteiger partial charge in [-0.15, -0.1) is 0 Å². The van der Waals surface area contributed by atoms with Crippen LogP contribution in [0.2, 0.25) is 10.0 Å². The normalized spacial score (nSPS) is 21.5. The number of carbonyl (C=O) groups is 1. The molecule has 0 unspecified atom stereocenters. The zero-order valence-electron chi connectivity index (χ0n) is 11.9. The van der Waals surface area contributed by atoms with Gasteiger partial charge in [0.15, 0.2) is 5.78 Å². The summed E-state index contributed by atoms with van der Waals surface area (Å²) in [6, 6.07) is 3.10. The molecule has 1 spiro atoms. The second-order valence-electron chi connectivity index (χ2n) is 5.81. The fourth-order valence-corrected chi connectivity index (χ4v) is 4.39. The summed E-state index contributed by atoms with van der Waals surface area (Å²) in [7, 11) is -3.22. The van der Waals surface area contributed by atoms with Crippen molar-refractivity contribution in [1.29, 1.82) is 0 Å². The lowest BCUT2D eigenvalue weighted by Crippen LogP contribution is -2.52. The Hall–Kier alpha value is -0.820. The molecule has 2 heterocycles. The van der Waals surface area contributed by atoms with Crippen LogP contribution in [0.4, 0.5) is 0 Å². The van der Waals surface area contributed by atoms with E-state index in [1.54, 1.807) is 12.1 Å². The van der Waals surface area contributed by atoms with Crippen LogP contribution in [-0.2, 0) is 10.0 Å². The molecule has 0 N–H and O–H groups in total. The Balaban J connectivity index is 1.89. The molecule has 1 fully saturated rings. The zero-order valence-corrected chi connectivity index (χ0v) is 14.3. The predicted molar refractivity (Wildman–Crippen MR) is 84.4 cm³/mol. The van der Waals surface area contributed by atoms with Crippen LogP contribution in [0.5, 0.6) is 5.75 Å². The summed E-state index contributed by atoms with van der Waals surface area (Å²) >= 11 is 12.1. The number of benzene rings is 1. The van der Waals surface area contributed by atoms with Crippen LogP contribution in [0.25, 0.3) is 0 Å². The third-order valence-corrected chi connectivity index (χ3v) is 6.01. The van der Waals surface area contributed by atoms with Crippen LogP contribution in [0.3, 0.4) is 0 Å². The molecule has 0 saturated carbocycles. The minimum Gasteiger partial charge on any atom is -0.484 e. The van der Waals surface area contributed by atoms with E-state index in [-0.39, 0.29) is 12.2 Å². The number of hydrogen-bond donors (Lipinski definition) is 0. The zero-order chi connectivity index (χ0) is 16.1. The maximum atomic E-state index is 12.4. The standard InChI is InChI=1S/C14H15Cl2NO4S/c1-22(19,20)17-4-2-14(3-5-17)8-12(18)10-6-9(15)7-11(16)13(10)21-14/h6-7H,2-5,8H2,1H3. The van der Waals surface area contributed by atoms with Crippen LogP contribution in [0.15, 0.2) is 12.1 Å². The lowest BCUT2D eigenvalue weighted by atomic mass is 9.83. The van der Waals surface area contributed by atoms with Gasteiger partial charge in [-0.2, -0.15) is 0 Å². The lowest BCUT2D eigenvalue weighted by molar-refractivity contribution is 0.00609. The van der Waals surface area contributed by atoms with E-state index in [9.17, 15) is 13.2 Å². The quantitative estimate of drug-likeness (QED) is 0.769. The molecular formula is C14H15Cl2NO4S. The molecule has 5 nitrogen and oxygen atoms in total. The van der Waals surface area contributed by atoms with Crippen molar-refractivity contribution >= 4 is 39.0 Å². The molecular weight excluding hydrogens is 349 g/mol.